The standard InChI is InChI=1S/C17H28N2O/c1-17(2,3)14-7-5-13(6-8-14)15(20)9-10-16-18-11-12-19(16)4/h11-14H,5-10H2,1-4H3. The molecular formula is C17H28N2O. The van der Waals surface area contributed by atoms with Crippen LogP contribution in [0.2, 0.25) is 0 Å². The molecule has 3 heteroatoms. The van der Waals surface area contributed by atoms with Gasteiger partial charge in [0.2, 0.25) is 0 Å². The minimum Gasteiger partial charge on any atom is -0.338 e. The fraction of sp³-hybridized carbons (Fsp3) is 0.765. The van der Waals surface area contributed by atoms with Crippen LogP contribution in [0.5, 0.6) is 0 Å². The highest BCUT2D eigenvalue weighted by Crippen LogP contribution is 2.40. The molecular weight excluding hydrogens is 248 g/mol. The van der Waals surface area contributed by atoms with E-state index in [1.54, 1.807) is 6.20 Å². The van der Waals surface area contributed by atoms with E-state index in [-0.39, 0.29) is 0 Å². The van der Waals surface area contributed by atoms with Crippen molar-refractivity contribution in [3.8, 4) is 0 Å². The molecule has 1 saturated carbocycles. The maximum absolute atomic E-state index is 12.3. The molecule has 0 aliphatic heterocycles. The van der Waals surface area contributed by atoms with Crippen LogP contribution >= 0.6 is 0 Å². The summed E-state index contributed by atoms with van der Waals surface area (Å²) < 4.78 is 2.00. The van der Waals surface area contributed by atoms with Crippen LogP contribution < -0.4 is 0 Å². The Morgan fingerprint density at radius 3 is 2.45 bits per heavy atom. The van der Waals surface area contributed by atoms with Crippen LogP contribution in [0.15, 0.2) is 12.4 Å². The number of carbonyl (C=O) groups excluding carboxylic acids is 1. The molecule has 0 radical (unpaired) electrons. The Bertz CT molecular complexity index is 448. The fourth-order valence-electron chi connectivity index (χ4n) is 3.36. The highest BCUT2D eigenvalue weighted by Gasteiger charge is 2.31. The highest BCUT2D eigenvalue weighted by molar-refractivity contribution is 5.81. The Balaban J connectivity index is 1.79. The molecule has 0 saturated heterocycles. The first-order valence-corrected chi connectivity index (χ1v) is 7.87. The zero-order valence-corrected chi connectivity index (χ0v) is 13.4. The van der Waals surface area contributed by atoms with Crippen molar-refractivity contribution in [2.45, 2.75) is 59.3 Å². The molecule has 3 nitrogen and oxygen atoms in total. The minimum absolute atomic E-state index is 0.300. The van der Waals surface area contributed by atoms with E-state index in [4.69, 9.17) is 0 Å². The second kappa shape index (κ2) is 6.11. The summed E-state index contributed by atoms with van der Waals surface area (Å²) in [5, 5.41) is 0. The van der Waals surface area contributed by atoms with E-state index in [1.807, 2.05) is 17.8 Å². The van der Waals surface area contributed by atoms with Crippen LogP contribution in [-0.4, -0.2) is 15.3 Å². The van der Waals surface area contributed by atoms with Crippen molar-refractivity contribution in [1.82, 2.24) is 9.55 Å². The van der Waals surface area contributed by atoms with Crippen LogP contribution in [0, 0.1) is 17.3 Å². The first-order chi connectivity index (χ1) is 9.38. The third kappa shape index (κ3) is 3.71. The van der Waals surface area contributed by atoms with Gasteiger partial charge in [-0.05, 0) is 37.0 Å². The Kier molecular flexibility index (Phi) is 4.66. The average molecular weight is 276 g/mol. The molecule has 0 atom stereocenters. The predicted octanol–water partition coefficient (Wildman–Crippen LogP) is 3.77. The highest BCUT2D eigenvalue weighted by atomic mass is 16.1. The Morgan fingerprint density at radius 1 is 1.30 bits per heavy atom. The van der Waals surface area contributed by atoms with Gasteiger partial charge in [0.05, 0.1) is 0 Å². The number of rotatable bonds is 4. The van der Waals surface area contributed by atoms with Crippen molar-refractivity contribution in [2.24, 2.45) is 24.3 Å². The van der Waals surface area contributed by atoms with Gasteiger partial charge in [0, 0.05) is 38.2 Å². The zero-order valence-electron chi connectivity index (χ0n) is 13.4. The first kappa shape index (κ1) is 15.3. The van der Waals surface area contributed by atoms with Gasteiger partial charge in [-0.15, -0.1) is 0 Å². The van der Waals surface area contributed by atoms with Crippen LogP contribution in [0.3, 0.4) is 0 Å². The molecule has 2 rings (SSSR count). The van der Waals surface area contributed by atoms with Crippen LogP contribution in [0.4, 0.5) is 0 Å². The third-order valence-electron chi connectivity index (χ3n) is 4.92. The molecule has 0 amide bonds. The number of carbonyl (C=O) groups is 1. The molecule has 1 aromatic heterocycles. The molecule has 112 valence electrons. The molecule has 1 aliphatic carbocycles. The second-order valence-electron chi connectivity index (χ2n) is 7.34. The van der Waals surface area contributed by atoms with E-state index in [0.29, 0.717) is 23.5 Å². The third-order valence-corrected chi connectivity index (χ3v) is 4.92. The van der Waals surface area contributed by atoms with Crippen molar-refractivity contribution >= 4 is 5.78 Å². The summed E-state index contributed by atoms with van der Waals surface area (Å²) in [5.41, 5.74) is 0.390. The largest absolute Gasteiger partial charge is 0.338 e. The second-order valence-corrected chi connectivity index (χ2v) is 7.34. The predicted molar refractivity (Wildman–Crippen MR) is 81.4 cm³/mol. The number of Topliss-reactive ketones (excluding diaryl/α,β-unsaturated/α-hetero) is 1. The van der Waals surface area contributed by atoms with Gasteiger partial charge in [-0.1, -0.05) is 20.8 Å². The lowest BCUT2D eigenvalue weighted by Gasteiger charge is -2.36. The number of ketones is 1. The maximum Gasteiger partial charge on any atom is 0.136 e. The number of nitrogens with zero attached hydrogens (tertiary/aromatic N) is 2. The molecule has 1 aromatic rings. The van der Waals surface area contributed by atoms with E-state index < -0.39 is 0 Å². The summed E-state index contributed by atoms with van der Waals surface area (Å²) in [7, 11) is 1.99. The van der Waals surface area contributed by atoms with Gasteiger partial charge in [-0.2, -0.15) is 0 Å². The molecule has 1 fully saturated rings. The Labute approximate surface area is 122 Å². The lowest BCUT2D eigenvalue weighted by atomic mass is 9.69. The quantitative estimate of drug-likeness (QED) is 0.839. The molecule has 20 heavy (non-hydrogen) atoms. The Hall–Kier alpha value is -1.12. The number of hydrogen-bond donors (Lipinski definition) is 0. The maximum atomic E-state index is 12.3. The van der Waals surface area contributed by atoms with Crippen molar-refractivity contribution in [1.29, 1.82) is 0 Å². The van der Waals surface area contributed by atoms with Gasteiger partial charge < -0.3 is 4.57 Å². The Morgan fingerprint density at radius 2 is 1.95 bits per heavy atom. The summed E-state index contributed by atoms with van der Waals surface area (Å²) in [6, 6.07) is 0. The molecule has 0 spiro atoms. The summed E-state index contributed by atoms with van der Waals surface area (Å²) in [5.74, 6) is 2.54. The van der Waals surface area contributed by atoms with E-state index >= 15 is 0 Å². The van der Waals surface area contributed by atoms with Gasteiger partial charge >= 0.3 is 0 Å². The van der Waals surface area contributed by atoms with Gasteiger partial charge in [-0.3, -0.25) is 4.79 Å². The molecule has 0 N–H and O–H groups in total. The summed E-state index contributed by atoms with van der Waals surface area (Å²) in [4.78, 5) is 16.6. The molecule has 1 heterocycles. The van der Waals surface area contributed by atoms with Crippen molar-refractivity contribution in [2.75, 3.05) is 0 Å². The van der Waals surface area contributed by atoms with Crippen LogP contribution in [-0.2, 0) is 18.3 Å². The summed E-state index contributed by atoms with van der Waals surface area (Å²) in [6.07, 6.45) is 9.76. The van der Waals surface area contributed by atoms with Gasteiger partial charge in [0.1, 0.15) is 11.6 Å². The molecule has 0 bridgehead atoms. The van der Waals surface area contributed by atoms with E-state index in [2.05, 4.69) is 25.8 Å². The number of aryl methyl sites for hydroxylation is 2. The first-order valence-electron chi connectivity index (χ1n) is 7.87. The number of aromatic nitrogens is 2. The monoisotopic (exact) mass is 276 g/mol. The van der Waals surface area contributed by atoms with Crippen LogP contribution in [0.25, 0.3) is 0 Å². The van der Waals surface area contributed by atoms with Gasteiger partial charge in [-0.25, -0.2) is 4.98 Å². The fourth-order valence-corrected chi connectivity index (χ4v) is 3.36. The van der Waals surface area contributed by atoms with Crippen molar-refractivity contribution in [3.05, 3.63) is 18.2 Å². The van der Waals surface area contributed by atoms with Gasteiger partial charge in [0.15, 0.2) is 0 Å². The summed E-state index contributed by atoms with van der Waals surface area (Å²) >= 11 is 0. The minimum atomic E-state index is 0.300. The molecule has 1 aliphatic rings. The lowest BCUT2D eigenvalue weighted by molar-refractivity contribution is -0.124. The zero-order chi connectivity index (χ0) is 14.8. The SMILES string of the molecule is Cn1ccnc1CCC(=O)C1CCC(C(C)(C)C)CC1. The summed E-state index contributed by atoms with van der Waals surface area (Å²) in [6.45, 7) is 6.96. The molecule has 0 aromatic carbocycles. The number of imidazole rings is 1. The lowest BCUT2D eigenvalue weighted by Crippen LogP contribution is -2.29. The average Bonchev–Trinajstić information content (AvgIpc) is 2.81. The van der Waals surface area contributed by atoms with Gasteiger partial charge in [0.25, 0.3) is 0 Å². The normalized spacial score (nSPS) is 23.8. The van der Waals surface area contributed by atoms with E-state index in [1.165, 1.54) is 12.8 Å². The van der Waals surface area contributed by atoms with E-state index in [0.717, 1.165) is 31.0 Å². The van der Waals surface area contributed by atoms with Crippen LogP contribution in [0.1, 0.15) is 58.7 Å². The topological polar surface area (TPSA) is 34.9 Å². The van der Waals surface area contributed by atoms with Crippen molar-refractivity contribution < 1.29 is 4.79 Å². The number of hydrogen-bond acceptors (Lipinski definition) is 2. The molecule has 0 unspecified atom stereocenters. The smallest absolute Gasteiger partial charge is 0.136 e. The van der Waals surface area contributed by atoms with Crippen molar-refractivity contribution in [3.63, 3.8) is 0 Å². The van der Waals surface area contributed by atoms with E-state index in [9.17, 15) is 4.79 Å².